The number of halogens is 1. The first-order valence-corrected chi connectivity index (χ1v) is 8.93. The fraction of sp³-hybridized carbons (Fsp3) is 0.318. The Morgan fingerprint density at radius 1 is 0.750 bits per heavy atom. The topological polar surface area (TPSA) is 40.8 Å². The molecule has 1 heterocycles. The maximum Gasteiger partial charge on any atom is 0.193 e. The highest BCUT2D eigenvalue weighted by Gasteiger charge is 2.18. The number of fused-ring (bicyclic) bond motifs is 1. The van der Waals surface area contributed by atoms with Crippen LogP contribution in [0.5, 0.6) is 23.0 Å². The molecule has 28 heavy (non-hydrogen) atoms. The fourth-order valence-electron chi connectivity index (χ4n) is 3.37. The predicted octanol–water partition coefficient (Wildman–Crippen LogP) is 0.776. The normalized spacial score (nSPS) is 10.3. The Hall–Kier alpha value is -2.22. The minimum atomic E-state index is 0. The van der Waals surface area contributed by atoms with Crippen molar-refractivity contribution < 1.29 is 47.5 Å². The smallest absolute Gasteiger partial charge is 0.193 e. The molecule has 0 spiro atoms. The molecule has 1 aromatic heterocycles. The number of methoxy groups -OCH3 is 4. The van der Waals surface area contributed by atoms with Crippen LogP contribution in [0.1, 0.15) is 18.2 Å². The molecule has 0 N–H and O–H groups in total. The Bertz CT molecular complexity index is 959. The van der Waals surface area contributed by atoms with E-state index in [-0.39, 0.29) is 24.0 Å². The van der Waals surface area contributed by atoms with Gasteiger partial charge in [0.2, 0.25) is 0 Å². The van der Waals surface area contributed by atoms with E-state index in [1.54, 1.807) is 28.4 Å². The number of rotatable bonds is 7. The van der Waals surface area contributed by atoms with E-state index in [2.05, 4.69) is 35.9 Å². The van der Waals surface area contributed by atoms with Gasteiger partial charge in [0, 0.05) is 6.07 Å². The monoisotopic (exact) mass is 495 g/mol. The lowest BCUT2D eigenvalue weighted by molar-refractivity contribution is -0.699. The number of aryl methyl sites for hydroxylation is 1. The zero-order valence-corrected chi connectivity index (χ0v) is 19.1. The van der Waals surface area contributed by atoms with Crippen molar-refractivity contribution in [3.05, 3.63) is 53.9 Å². The van der Waals surface area contributed by atoms with Gasteiger partial charge in [-0.05, 0) is 42.1 Å². The van der Waals surface area contributed by atoms with E-state index >= 15 is 0 Å². The van der Waals surface area contributed by atoms with Crippen LogP contribution in [0.15, 0.2) is 42.6 Å². The van der Waals surface area contributed by atoms with Gasteiger partial charge in [0.15, 0.2) is 34.9 Å². The van der Waals surface area contributed by atoms with Crippen LogP contribution in [0.2, 0.25) is 0 Å². The number of aromatic nitrogens is 1. The summed E-state index contributed by atoms with van der Waals surface area (Å²) in [5.74, 6) is 2.93. The van der Waals surface area contributed by atoms with Crippen LogP contribution in [-0.4, -0.2) is 28.4 Å². The number of ether oxygens (including phenoxy) is 4. The van der Waals surface area contributed by atoms with Crippen molar-refractivity contribution in [2.75, 3.05) is 28.4 Å². The quantitative estimate of drug-likeness (QED) is 0.359. The van der Waals surface area contributed by atoms with Gasteiger partial charge in [-0.25, -0.2) is 4.57 Å². The molecule has 2 aromatic carbocycles. The van der Waals surface area contributed by atoms with E-state index in [1.165, 1.54) is 5.69 Å². The van der Waals surface area contributed by atoms with Crippen molar-refractivity contribution in [1.29, 1.82) is 0 Å². The largest absolute Gasteiger partial charge is 1.00 e. The Morgan fingerprint density at radius 2 is 1.36 bits per heavy atom. The van der Waals surface area contributed by atoms with E-state index in [9.17, 15) is 0 Å². The molecule has 0 amide bonds. The Labute approximate surface area is 183 Å². The number of hydrogen-bond donors (Lipinski definition) is 0. The summed E-state index contributed by atoms with van der Waals surface area (Å²) in [7, 11) is 6.62. The van der Waals surface area contributed by atoms with Gasteiger partial charge in [-0.3, -0.25) is 0 Å². The van der Waals surface area contributed by atoms with Crippen molar-refractivity contribution in [3.8, 4) is 23.0 Å². The summed E-state index contributed by atoms with van der Waals surface area (Å²) in [5.41, 5.74) is 2.36. The SMILES string of the molecule is CC[n+]1ccc2cc(OC)c(OC)cc2c1Cc1ccc(OC)c(OC)c1.[I-]. The van der Waals surface area contributed by atoms with Crippen molar-refractivity contribution in [1.82, 2.24) is 0 Å². The third kappa shape index (κ3) is 4.27. The molecular weight excluding hydrogens is 469 g/mol. The molecule has 0 atom stereocenters. The summed E-state index contributed by atoms with van der Waals surface area (Å²) in [4.78, 5) is 0. The minimum Gasteiger partial charge on any atom is -1.00 e. The van der Waals surface area contributed by atoms with Gasteiger partial charge in [-0.15, -0.1) is 0 Å². The molecule has 0 saturated carbocycles. The molecule has 0 aliphatic heterocycles. The molecule has 0 bridgehead atoms. The van der Waals surface area contributed by atoms with Crippen molar-refractivity contribution in [2.45, 2.75) is 19.9 Å². The Balaban J connectivity index is 0.00000280. The molecule has 5 nitrogen and oxygen atoms in total. The van der Waals surface area contributed by atoms with Crippen LogP contribution in [-0.2, 0) is 13.0 Å². The predicted molar refractivity (Wildman–Crippen MR) is 105 cm³/mol. The van der Waals surface area contributed by atoms with Gasteiger partial charge >= 0.3 is 0 Å². The van der Waals surface area contributed by atoms with Crippen LogP contribution in [0.3, 0.4) is 0 Å². The van der Waals surface area contributed by atoms with Gasteiger partial charge in [0.1, 0.15) is 6.54 Å². The van der Waals surface area contributed by atoms with Crippen LogP contribution in [0, 0.1) is 0 Å². The van der Waals surface area contributed by atoms with Gasteiger partial charge < -0.3 is 42.9 Å². The standard InChI is InChI=1S/C22H26NO4.HI/c1-6-23-10-9-16-13-21(26-4)22(27-5)14-17(16)18(23)11-15-7-8-19(24-2)20(12-15)25-3;/h7-10,12-14H,6,11H2,1-5H3;1H/q+1;/p-1. The lowest BCUT2D eigenvalue weighted by atomic mass is 10.0. The first-order chi connectivity index (χ1) is 13.1. The molecule has 0 fully saturated rings. The molecule has 0 aliphatic carbocycles. The molecule has 0 aliphatic rings. The zero-order valence-electron chi connectivity index (χ0n) is 16.9. The number of hydrogen-bond acceptors (Lipinski definition) is 4. The first kappa shape index (κ1) is 22.1. The van der Waals surface area contributed by atoms with Gasteiger partial charge in [-0.2, -0.15) is 0 Å². The third-order valence-corrected chi connectivity index (χ3v) is 4.81. The summed E-state index contributed by atoms with van der Waals surface area (Å²) < 4.78 is 24.0. The minimum absolute atomic E-state index is 0. The van der Waals surface area contributed by atoms with E-state index in [0.29, 0.717) is 0 Å². The Kier molecular flexibility index (Phi) is 7.74. The first-order valence-electron chi connectivity index (χ1n) is 8.93. The van der Waals surface area contributed by atoms with E-state index in [0.717, 1.165) is 52.3 Å². The molecule has 150 valence electrons. The average Bonchev–Trinajstić information content (AvgIpc) is 2.72. The van der Waals surface area contributed by atoms with Gasteiger partial charge in [0.05, 0.1) is 40.2 Å². The molecule has 3 rings (SSSR count). The second-order valence-corrected chi connectivity index (χ2v) is 6.21. The summed E-state index contributed by atoms with van der Waals surface area (Å²) in [6, 6.07) is 12.2. The van der Waals surface area contributed by atoms with E-state index in [1.807, 2.05) is 18.2 Å². The molecule has 0 unspecified atom stereocenters. The number of nitrogens with zero attached hydrogens (tertiary/aromatic N) is 1. The van der Waals surface area contributed by atoms with Gasteiger partial charge in [-0.1, -0.05) is 6.07 Å². The third-order valence-electron chi connectivity index (χ3n) is 4.81. The summed E-state index contributed by atoms with van der Waals surface area (Å²) >= 11 is 0. The lowest BCUT2D eigenvalue weighted by Crippen LogP contribution is -3.00. The van der Waals surface area contributed by atoms with Crippen LogP contribution < -0.4 is 47.5 Å². The van der Waals surface area contributed by atoms with Crippen molar-refractivity contribution in [2.24, 2.45) is 0 Å². The maximum absolute atomic E-state index is 5.52. The molecule has 0 radical (unpaired) electrons. The highest BCUT2D eigenvalue weighted by Crippen LogP contribution is 2.34. The van der Waals surface area contributed by atoms with Crippen LogP contribution in [0.25, 0.3) is 10.8 Å². The molecule has 3 aromatic rings. The van der Waals surface area contributed by atoms with E-state index < -0.39 is 0 Å². The number of pyridine rings is 1. The maximum atomic E-state index is 5.52. The summed E-state index contributed by atoms with van der Waals surface area (Å²) in [5, 5.41) is 2.26. The molecule has 6 heteroatoms. The van der Waals surface area contributed by atoms with E-state index in [4.69, 9.17) is 18.9 Å². The molecular formula is C22H26INO4. The summed E-state index contributed by atoms with van der Waals surface area (Å²) in [6.45, 7) is 3.03. The summed E-state index contributed by atoms with van der Waals surface area (Å²) in [6.07, 6.45) is 2.88. The second-order valence-electron chi connectivity index (χ2n) is 6.21. The lowest BCUT2D eigenvalue weighted by Gasteiger charge is -2.13. The Morgan fingerprint density at radius 3 is 1.96 bits per heavy atom. The molecule has 0 saturated heterocycles. The second kappa shape index (κ2) is 9.82. The highest BCUT2D eigenvalue weighted by atomic mass is 127. The van der Waals surface area contributed by atoms with Gasteiger partial charge in [0.25, 0.3) is 0 Å². The average molecular weight is 495 g/mol. The fourth-order valence-corrected chi connectivity index (χ4v) is 3.37. The number of benzene rings is 2. The van der Waals surface area contributed by atoms with Crippen molar-refractivity contribution in [3.63, 3.8) is 0 Å². The van der Waals surface area contributed by atoms with Crippen LogP contribution in [0.4, 0.5) is 0 Å². The van der Waals surface area contributed by atoms with Crippen molar-refractivity contribution >= 4 is 10.8 Å². The highest BCUT2D eigenvalue weighted by molar-refractivity contribution is 5.87. The zero-order chi connectivity index (χ0) is 19.4. The van der Waals surface area contributed by atoms with Crippen LogP contribution >= 0.6 is 0 Å².